The van der Waals surface area contributed by atoms with Crippen LogP contribution in [0.4, 0.5) is 0 Å². The van der Waals surface area contributed by atoms with Crippen molar-refractivity contribution in [2.24, 2.45) is 0 Å². The first-order chi connectivity index (χ1) is 8.36. The van der Waals surface area contributed by atoms with Gasteiger partial charge >= 0.3 is 0 Å². The SMILES string of the molecule is COCCCOc1cc(C)c(S(=O)(=O)Cl)c(C)c1. The van der Waals surface area contributed by atoms with E-state index in [4.69, 9.17) is 20.2 Å². The van der Waals surface area contributed by atoms with Crippen LogP contribution in [-0.2, 0) is 13.8 Å². The molecule has 0 fully saturated rings. The molecule has 0 saturated carbocycles. The van der Waals surface area contributed by atoms with Crippen LogP contribution < -0.4 is 4.74 Å². The zero-order chi connectivity index (χ0) is 13.8. The lowest BCUT2D eigenvalue weighted by molar-refractivity contribution is 0.172. The van der Waals surface area contributed by atoms with Gasteiger partial charge in [-0.25, -0.2) is 8.42 Å². The summed E-state index contributed by atoms with van der Waals surface area (Å²) >= 11 is 0. The fourth-order valence-corrected chi connectivity index (χ4v) is 3.39. The van der Waals surface area contributed by atoms with Crippen LogP contribution in [-0.4, -0.2) is 28.7 Å². The molecule has 1 rings (SSSR count). The summed E-state index contributed by atoms with van der Waals surface area (Å²) < 4.78 is 33.2. The van der Waals surface area contributed by atoms with Crippen molar-refractivity contribution in [2.45, 2.75) is 25.2 Å². The van der Waals surface area contributed by atoms with Crippen molar-refractivity contribution in [3.63, 3.8) is 0 Å². The van der Waals surface area contributed by atoms with Crippen molar-refractivity contribution < 1.29 is 17.9 Å². The second kappa shape index (κ2) is 6.41. The van der Waals surface area contributed by atoms with Crippen molar-refractivity contribution in [1.29, 1.82) is 0 Å². The van der Waals surface area contributed by atoms with Gasteiger partial charge in [0.25, 0.3) is 9.05 Å². The molecule has 0 radical (unpaired) electrons. The minimum absolute atomic E-state index is 0.161. The lowest BCUT2D eigenvalue weighted by Gasteiger charge is -2.11. The number of halogens is 1. The highest BCUT2D eigenvalue weighted by atomic mass is 35.7. The summed E-state index contributed by atoms with van der Waals surface area (Å²) in [6.45, 7) is 4.56. The summed E-state index contributed by atoms with van der Waals surface area (Å²) in [4.78, 5) is 0.161. The van der Waals surface area contributed by atoms with E-state index in [9.17, 15) is 8.42 Å². The van der Waals surface area contributed by atoms with Gasteiger partial charge in [0.05, 0.1) is 11.5 Å². The smallest absolute Gasteiger partial charge is 0.261 e. The van der Waals surface area contributed by atoms with Crippen molar-refractivity contribution in [2.75, 3.05) is 20.3 Å². The third-order valence-corrected chi connectivity index (χ3v) is 4.03. The Labute approximate surface area is 112 Å². The van der Waals surface area contributed by atoms with Gasteiger partial charge in [-0.15, -0.1) is 0 Å². The number of rotatable bonds is 6. The van der Waals surface area contributed by atoms with Crippen LogP contribution in [0.1, 0.15) is 17.5 Å². The number of aryl methyl sites for hydroxylation is 2. The number of ether oxygens (including phenoxy) is 2. The zero-order valence-electron chi connectivity index (χ0n) is 10.7. The van der Waals surface area contributed by atoms with Crippen molar-refractivity contribution >= 4 is 19.7 Å². The van der Waals surface area contributed by atoms with Gasteiger partial charge in [-0.3, -0.25) is 0 Å². The molecule has 0 unspecified atom stereocenters. The van der Waals surface area contributed by atoms with E-state index >= 15 is 0 Å². The average molecular weight is 293 g/mol. The fraction of sp³-hybridized carbons (Fsp3) is 0.500. The molecule has 4 nitrogen and oxygen atoms in total. The van der Waals surface area contributed by atoms with E-state index in [1.54, 1.807) is 33.1 Å². The maximum atomic E-state index is 11.4. The molecule has 6 heteroatoms. The Hall–Kier alpha value is -0.780. The first kappa shape index (κ1) is 15.3. The predicted molar refractivity (Wildman–Crippen MR) is 70.9 cm³/mol. The predicted octanol–water partition coefficient (Wildman–Crippen LogP) is 2.65. The summed E-state index contributed by atoms with van der Waals surface area (Å²) in [5.41, 5.74) is 1.18. The van der Waals surface area contributed by atoms with Crippen LogP contribution in [0.15, 0.2) is 17.0 Å². The molecule has 0 atom stereocenters. The molecule has 0 heterocycles. The van der Waals surface area contributed by atoms with E-state index in [-0.39, 0.29) is 4.90 Å². The van der Waals surface area contributed by atoms with Gasteiger partial charge in [0.1, 0.15) is 5.75 Å². The highest BCUT2D eigenvalue weighted by molar-refractivity contribution is 8.13. The Bertz CT molecular complexity index is 488. The molecule has 0 bridgehead atoms. The third kappa shape index (κ3) is 4.15. The van der Waals surface area contributed by atoms with Gasteiger partial charge in [-0.05, 0) is 37.1 Å². The largest absolute Gasteiger partial charge is 0.493 e. The Kier molecular flexibility index (Phi) is 5.44. The van der Waals surface area contributed by atoms with Gasteiger partial charge in [-0.1, -0.05) is 0 Å². The van der Waals surface area contributed by atoms with Gasteiger partial charge in [-0.2, -0.15) is 0 Å². The summed E-state index contributed by atoms with van der Waals surface area (Å²) in [6, 6.07) is 3.35. The lowest BCUT2D eigenvalue weighted by atomic mass is 10.1. The highest BCUT2D eigenvalue weighted by Crippen LogP contribution is 2.28. The molecule has 0 spiro atoms. The maximum absolute atomic E-state index is 11.4. The monoisotopic (exact) mass is 292 g/mol. The molecule has 0 aliphatic rings. The van der Waals surface area contributed by atoms with Crippen LogP contribution in [0.5, 0.6) is 5.75 Å². The second-order valence-electron chi connectivity index (χ2n) is 4.02. The highest BCUT2D eigenvalue weighted by Gasteiger charge is 2.17. The molecule has 0 aliphatic heterocycles. The Morgan fingerprint density at radius 3 is 2.17 bits per heavy atom. The minimum atomic E-state index is -3.71. The summed E-state index contributed by atoms with van der Waals surface area (Å²) in [5, 5.41) is 0. The Balaban J connectivity index is 2.87. The average Bonchev–Trinajstić information content (AvgIpc) is 2.21. The fourth-order valence-electron chi connectivity index (χ4n) is 1.77. The number of methoxy groups -OCH3 is 1. The van der Waals surface area contributed by atoms with Crippen LogP contribution >= 0.6 is 10.7 Å². The topological polar surface area (TPSA) is 52.6 Å². The molecule has 1 aromatic carbocycles. The van der Waals surface area contributed by atoms with E-state index in [0.29, 0.717) is 30.1 Å². The second-order valence-corrected chi connectivity index (χ2v) is 6.52. The van der Waals surface area contributed by atoms with Gasteiger partial charge in [0, 0.05) is 30.8 Å². The third-order valence-electron chi connectivity index (χ3n) is 2.44. The first-order valence-electron chi connectivity index (χ1n) is 5.54. The number of hydrogen-bond acceptors (Lipinski definition) is 4. The first-order valence-corrected chi connectivity index (χ1v) is 7.85. The van der Waals surface area contributed by atoms with E-state index in [1.165, 1.54) is 0 Å². The van der Waals surface area contributed by atoms with Crippen molar-refractivity contribution in [3.05, 3.63) is 23.3 Å². The van der Waals surface area contributed by atoms with Crippen molar-refractivity contribution in [1.82, 2.24) is 0 Å². The van der Waals surface area contributed by atoms with Gasteiger partial charge in [0.15, 0.2) is 0 Å². The summed E-state index contributed by atoms with van der Waals surface area (Å²) in [7, 11) is 3.30. The van der Waals surface area contributed by atoms with E-state index < -0.39 is 9.05 Å². The van der Waals surface area contributed by atoms with Crippen LogP contribution in [0.2, 0.25) is 0 Å². The summed E-state index contributed by atoms with van der Waals surface area (Å²) in [6.07, 6.45) is 0.782. The molecule has 0 aliphatic carbocycles. The van der Waals surface area contributed by atoms with Gasteiger partial charge in [0.2, 0.25) is 0 Å². The molecule has 18 heavy (non-hydrogen) atoms. The quantitative estimate of drug-likeness (QED) is 0.597. The normalized spacial score (nSPS) is 11.6. The van der Waals surface area contributed by atoms with Crippen LogP contribution in [0.3, 0.4) is 0 Å². The van der Waals surface area contributed by atoms with E-state index in [2.05, 4.69) is 0 Å². The van der Waals surface area contributed by atoms with E-state index in [0.717, 1.165) is 6.42 Å². The maximum Gasteiger partial charge on any atom is 0.261 e. The Morgan fingerprint density at radius 1 is 1.17 bits per heavy atom. The Morgan fingerprint density at radius 2 is 1.72 bits per heavy atom. The molecule has 0 amide bonds. The standard InChI is InChI=1S/C12H17ClO4S/c1-9-7-11(17-6-4-5-16-3)8-10(2)12(9)18(13,14)15/h7-8H,4-6H2,1-3H3. The lowest BCUT2D eigenvalue weighted by Crippen LogP contribution is -2.04. The number of benzene rings is 1. The molecule has 1 aromatic rings. The summed E-state index contributed by atoms with van der Waals surface area (Å²) in [5.74, 6) is 0.644. The molecular formula is C12H17ClO4S. The zero-order valence-corrected chi connectivity index (χ0v) is 12.3. The molecular weight excluding hydrogens is 276 g/mol. The number of hydrogen-bond donors (Lipinski definition) is 0. The van der Waals surface area contributed by atoms with E-state index in [1.807, 2.05) is 0 Å². The molecule has 0 N–H and O–H groups in total. The van der Waals surface area contributed by atoms with Crippen molar-refractivity contribution in [3.8, 4) is 5.75 Å². The van der Waals surface area contributed by atoms with Gasteiger partial charge < -0.3 is 9.47 Å². The minimum Gasteiger partial charge on any atom is -0.493 e. The molecule has 0 saturated heterocycles. The molecule has 0 aromatic heterocycles. The van der Waals surface area contributed by atoms with Crippen LogP contribution in [0, 0.1) is 13.8 Å². The van der Waals surface area contributed by atoms with Crippen LogP contribution in [0.25, 0.3) is 0 Å². The molecule has 102 valence electrons.